The summed E-state index contributed by atoms with van der Waals surface area (Å²) >= 11 is 7.19. The van der Waals surface area contributed by atoms with Gasteiger partial charge in [0.25, 0.3) is 0 Å². The summed E-state index contributed by atoms with van der Waals surface area (Å²) < 4.78 is 41.1. The molecule has 3 aromatic rings. The van der Waals surface area contributed by atoms with Crippen LogP contribution in [-0.2, 0) is 0 Å². The Morgan fingerprint density at radius 3 is 2.58 bits per heavy atom. The molecule has 2 N–H and O–H groups in total. The van der Waals surface area contributed by atoms with Gasteiger partial charge in [0.2, 0.25) is 0 Å². The number of aromatic amines is 1. The van der Waals surface area contributed by atoms with Gasteiger partial charge in [-0.05, 0) is 30.9 Å². The van der Waals surface area contributed by atoms with Crippen molar-refractivity contribution in [3.05, 3.63) is 70.0 Å². The van der Waals surface area contributed by atoms with Crippen LogP contribution in [0.1, 0.15) is 23.1 Å². The van der Waals surface area contributed by atoms with Gasteiger partial charge in [-0.25, -0.2) is 23.1 Å². The summed E-state index contributed by atoms with van der Waals surface area (Å²) in [5, 5.41) is 3.58. The highest BCUT2D eigenvalue weighted by molar-refractivity contribution is 7.98. The first-order valence-electron chi connectivity index (χ1n) is 7.52. The lowest BCUT2D eigenvalue weighted by molar-refractivity contribution is 0.574. The maximum Gasteiger partial charge on any atom is 0.168 e. The molecule has 0 aliphatic heterocycles. The zero-order valence-electron chi connectivity index (χ0n) is 13.8. The highest BCUT2D eigenvalue weighted by Crippen LogP contribution is 2.30. The molecule has 1 atom stereocenters. The second-order valence-electron chi connectivity index (χ2n) is 5.49. The van der Waals surface area contributed by atoms with Crippen molar-refractivity contribution in [1.82, 2.24) is 15.0 Å². The highest BCUT2D eigenvalue weighted by Gasteiger charge is 2.22. The minimum atomic E-state index is -0.863. The first-order valence-corrected chi connectivity index (χ1v) is 9.12. The van der Waals surface area contributed by atoms with Crippen LogP contribution in [0.2, 0.25) is 5.02 Å². The molecule has 2 heterocycles. The molecule has 0 radical (unpaired) electrons. The van der Waals surface area contributed by atoms with E-state index in [4.69, 9.17) is 11.6 Å². The largest absolute Gasteiger partial charge is 0.354 e. The van der Waals surface area contributed by atoms with Crippen LogP contribution in [0.15, 0.2) is 35.5 Å². The molecular weight excluding hydrogens is 385 g/mol. The third kappa shape index (κ3) is 3.81. The molecule has 3 rings (SSSR count). The summed E-state index contributed by atoms with van der Waals surface area (Å²) in [6.45, 7) is 1.85. The normalized spacial score (nSPS) is 12.2. The quantitative estimate of drug-likeness (QED) is 0.586. The molecule has 0 unspecified atom stereocenters. The average Bonchev–Trinajstić information content (AvgIpc) is 2.97. The highest BCUT2D eigenvalue weighted by atomic mass is 35.5. The molecule has 9 heteroatoms. The van der Waals surface area contributed by atoms with Gasteiger partial charge in [-0.3, -0.25) is 0 Å². The van der Waals surface area contributed by atoms with E-state index >= 15 is 0 Å². The van der Waals surface area contributed by atoms with E-state index in [-0.39, 0.29) is 10.8 Å². The Bertz CT molecular complexity index is 948. The van der Waals surface area contributed by atoms with Gasteiger partial charge in [-0.15, -0.1) is 11.8 Å². The second kappa shape index (κ2) is 7.59. The van der Waals surface area contributed by atoms with E-state index < -0.39 is 23.5 Å². The molecule has 0 spiro atoms. The van der Waals surface area contributed by atoms with Gasteiger partial charge in [-0.2, -0.15) is 0 Å². The summed E-state index contributed by atoms with van der Waals surface area (Å²) in [5.74, 6) is -2.00. The van der Waals surface area contributed by atoms with E-state index in [0.717, 1.165) is 23.0 Å². The number of imidazole rings is 1. The van der Waals surface area contributed by atoms with Gasteiger partial charge < -0.3 is 10.3 Å². The monoisotopic (exact) mass is 398 g/mol. The molecule has 136 valence electrons. The third-order valence-corrected chi connectivity index (χ3v) is 4.78. The Hall–Kier alpha value is -2.19. The van der Waals surface area contributed by atoms with Crippen molar-refractivity contribution in [2.24, 2.45) is 0 Å². The van der Waals surface area contributed by atoms with Crippen LogP contribution in [0.4, 0.5) is 19.0 Å². The fourth-order valence-corrected chi connectivity index (χ4v) is 3.13. The Balaban J connectivity index is 2.06. The maximum absolute atomic E-state index is 14.0. The Labute approximate surface area is 157 Å². The zero-order chi connectivity index (χ0) is 18.8. The molecule has 0 aliphatic rings. The number of H-pyrrole nitrogens is 1. The summed E-state index contributed by atoms with van der Waals surface area (Å²) in [5.41, 5.74) is 1.28. The summed E-state index contributed by atoms with van der Waals surface area (Å²) in [4.78, 5) is 11.3. The van der Waals surface area contributed by atoms with Gasteiger partial charge in [-0.1, -0.05) is 17.7 Å². The van der Waals surface area contributed by atoms with Crippen LogP contribution < -0.4 is 5.32 Å². The van der Waals surface area contributed by atoms with Gasteiger partial charge in [0.05, 0.1) is 11.2 Å². The number of aryl methyl sites for hydroxylation is 1. The molecule has 0 bridgehead atoms. The number of thioether (sulfide) groups is 1. The molecule has 0 saturated heterocycles. The van der Waals surface area contributed by atoms with Crippen molar-refractivity contribution in [2.45, 2.75) is 18.0 Å². The molecule has 0 amide bonds. The lowest BCUT2D eigenvalue weighted by Crippen LogP contribution is -2.16. The molecule has 1 aromatic carbocycles. The summed E-state index contributed by atoms with van der Waals surface area (Å²) in [7, 11) is 0. The number of anilines is 1. The van der Waals surface area contributed by atoms with Crippen molar-refractivity contribution in [1.29, 1.82) is 0 Å². The van der Waals surface area contributed by atoms with Gasteiger partial charge in [0, 0.05) is 11.8 Å². The number of benzene rings is 1. The standard InChI is InChI=1S/C17H14ClF3N4S/c1-8-17(26-2)25-16(23-8)14(9-3-4-11(18)12(20)5-9)24-15-13(21)6-10(19)7-22-15/h3-7,14H,1-2H3,(H,22,24)(H,23,25)/t14-/m1/s1. The number of rotatable bonds is 5. The Kier molecular flexibility index (Phi) is 5.43. The fourth-order valence-electron chi connectivity index (χ4n) is 2.46. The van der Waals surface area contributed by atoms with Crippen LogP contribution in [0.3, 0.4) is 0 Å². The fraction of sp³-hybridized carbons (Fsp3) is 0.176. The van der Waals surface area contributed by atoms with Gasteiger partial charge in [0.1, 0.15) is 28.5 Å². The minimum Gasteiger partial charge on any atom is -0.354 e. The average molecular weight is 399 g/mol. The molecule has 0 fully saturated rings. The molecule has 2 aromatic heterocycles. The van der Waals surface area contributed by atoms with E-state index in [2.05, 4.69) is 20.3 Å². The predicted molar refractivity (Wildman–Crippen MR) is 96.1 cm³/mol. The second-order valence-corrected chi connectivity index (χ2v) is 6.69. The van der Waals surface area contributed by atoms with Gasteiger partial charge in [0.15, 0.2) is 11.6 Å². The summed E-state index contributed by atoms with van der Waals surface area (Å²) in [6, 6.07) is 4.21. The van der Waals surface area contributed by atoms with Crippen molar-refractivity contribution < 1.29 is 13.2 Å². The van der Waals surface area contributed by atoms with E-state index in [0.29, 0.717) is 11.4 Å². The molecule has 0 aliphatic carbocycles. The first kappa shape index (κ1) is 18.6. The Morgan fingerprint density at radius 1 is 1.19 bits per heavy atom. The molecule has 0 saturated carbocycles. The van der Waals surface area contributed by atoms with E-state index in [1.807, 2.05) is 13.2 Å². The number of hydrogen-bond acceptors (Lipinski definition) is 4. The predicted octanol–water partition coefficient (Wildman–Crippen LogP) is 5.11. The minimum absolute atomic E-state index is 0.0287. The number of nitrogens with one attached hydrogen (secondary N) is 2. The van der Waals surface area contributed by atoms with Crippen molar-refractivity contribution >= 4 is 29.2 Å². The Morgan fingerprint density at radius 2 is 1.96 bits per heavy atom. The molecule has 4 nitrogen and oxygen atoms in total. The zero-order valence-corrected chi connectivity index (χ0v) is 15.4. The number of aromatic nitrogens is 3. The van der Waals surface area contributed by atoms with Crippen LogP contribution in [0.25, 0.3) is 0 Å². The number of nitrogens with zero attached hydrogens (tertiary/aromatic N) is 2. The molecule has 26 heavy (non-hydrogen) atoms. The van der Waals surface area contributed by atoms with Crippen LogP contribution >= 0.6 is 23.4 Å². The topological polar surface area (TPSA) is 53.6 Å². The van der Waals surface area contributed by atoms with E-state index in [9.17, 15) is 13.2 Å². The summed E-state index contributed by atoms with van der Waals surface area (Å²) in [6.07, 6.45) is 2.77. The lowest BCUT2D eigenvalue weighted by Gasteiger charge is -2.18. The number of hydrogen-bond donors (Lipinski definition) is 2. The van der Waals surface area contributed by atoms with Crippen LogP contribution in [-0.4, -0.2) is 21.2 Å². The van der Waals surface area contributed by atoms with E-state index in [1.54, 1.807) is 6.07 Å². The molecular formula is C17H14ClF3N4S. The third-order valence-electron chi connectivity index (χ3n) is 3.69. The van der Waals surface area contributed by atoms with Crippen molar-refractivity contribution in [3.8, 4) is 0 Å². The number of pyridine rings is 1. The van der Waals surface area contributed by atoms with Crippen LogP contribution in [0.5, 0.6) is 0 Å². The lowest BCUT2D eigenvalue weighted by atomic mass is 10.1. The first-order chi connectivity index (χ1) is 12.4. The van der Waals surface area contributed by atoms with Crippen molar-refractivity contribution in [2.75, 3.05) is 11.6 Å². The van der Waals surface area contributed by atoms with E-state index in [1.165, 1.54) is 23.9 Å². The smallest absolute Gasteiger partial charge is 0.168 e. The SMILES string of the molecule is CSc1nc([C@H](Nc2ncc(F)cc2F)c2ccc(Cl)c(F)c2)[nH]c1C. The van der Waals surface area contributed by atoms with Gasteiger partial charge >= 0.3 is 0 Å². The van der Waals surface area contributed by atoms with Crippen LogP contribution in [0, 0.1) is 24.4 Å². The van der Waals surface area contributed by atoms with Crippen molar-refractivity contribution in [3.63, 3.8) is 0 Å². The maximum atomic E-state index is 14.0. The number of halogens is 4.